The van der Waals surface area contributed by atoms with Crippen LogP contribution in [0.1, 0.15) is 26.3 Å². The van der Waals surface area contributed by atoms with E-state index < -0.39 is 35.9 Å². The lowest BCUT2D eigenvalue weighted by Crippen LogP contribution is -2.49. The van der Waals surface area contributed by atoms with Crippen LogP contribution in [0.25, 0.3) is 0 Å². The number of aryl methyl sites for hydroxylation is 1. The molecule has 1 aromatic carbocycles. The second kappa shape index (κ2) is 7.31. The van der Waals surface area contributed by atoms with Crippen LogP contribution in [0, 0.1) is 6.92 Å². The molecule has 1 fully saturated rings. The van der Waals surface area contributed by atoms with E-state index in [0.29, 0.717) is 10.2 Å². The van der Waals surface area contributed by atoms with Crippen molar-refractivity contribution >= 4 is 33.6 Å². The van der Waals surface area contributed by atoms with Crippen molar-refractivity contribution in [1.29, 1.82) is 0 Å². The summed E-state index contributed by atoms with van der Waals surface area (Å²) in [6.07, 6.45) is -3.37. The van der Waals surface area contributed by atoms with E-state index in [0.717, 1.165) is 10.5 Å². The maximum absolute atomic E-state index is 12.7. The van der Waals surface area contributed by atoms with Crippen molar-refractivity contribution in [3.63, 3.8) is 0 Å². The molecule has 2 rings (SSSR count). The van der Waals surface area contributed by atoms with Gasteiger partial charge in [-0.25, -0.2) is 4.79 Å². The van der Waals surface area contributed by atoms with E-state index in [-0.39, 0.29) is 6.54 Å². The van der Waals surface area contributed by atoms with Gasteiger partial charge < -0.3 is 20.3 Å². The Kier molecular flexibility index (Phi) is 5.75. The Morgan fingerprint density at radius 2 is 1.96 bits per heavy atom. The first-order valence-corrected chi connectivity index (χ1v) is 8.71. The molecule has 0 radical (unpaired) electrons. The Labute approximate surface area is 155 Å². The van der Waals surface area contributed by atoms with E-state index in [1.165, 1.54) is 0 Å². The van der Waals surface area contributed by atoms with Crippen LogP contribution >= 0.6 is 15.9 Å². The van der Waals surface area contributed by atoms with Crippen molar-refractivity contribution in [3.05, 3.63) is 28.2 Å². The molecular weight excluding hydrogens is 392 g/mol. The van der Waals surface area contributed by atoms with Gasteiger partial charge in [-0.1, -0.05) is 6.07 Å². The number of hydrogen-bond acceptors (Lipinski definition) is 5. The van der Waals surface area contributed by atoms with E-state index >= 15 is 0 Å². The van der Waals surface area contributed by atoms with Gasteiger partial charge in [-0.15, -0.1) is 0 Å². The molecule has 0 unspecified atom stereocenters. The highest BCUT2D eigenvalue weighted by atomic mass is 79.9. The van der Waals surface area contributed by atoms with E-state index in [9.17, 15) is 19.8 Å². The zero-order chi connectivity index (χ0) is 18.9. The summed E-state index contributed by atoms with van der Waals surface area (Å²) in [5, 5.41) is 22.8. The smallest absolute Gasteiger partial charge is 0.411 e. The molecule has 0 spiro atoms. The lowest BCUT2D eigenvalue weighted by Gasteiger charge is -2.28. The predicted molar refractivity (Wildman–Crippen MR) is 96.3 cm³/mol. The van der Waals surface area contributed by atoms with Crippen molar-refractivity contribution in [2.45, 2.75) is 51.5 Å². The highest BCUT2D eigenvalue weighted by Gasteiger charge is 2.48. The topological polar surface area (TPSA) is 99.1 Å². The molecule has 3 N–H and O–H groups in total. The fraction of sp³-hybridized carbons (Fsp3) is 0.529. The standard InChI is InChI=1S/C17H23BrN2O5/c1-9-5-6-10(18)11(7-9)19-15(23)13-14(22)12(21)8-20(13)16(24)25-17(2,3)4/h5-7,12-14,21-22H,8H2,1-4H3,(H,19,23)/t12-,13+,14-/m1/s1. The van der Waals surface area contributed by atoms with Crippen molar-refractivity contribution in [2.24, 2.45) is 0 Å². The molecule has 0 saturated carbocycles. The van der Waals surface area contributed by atoms with Crippen LogP contribution in [-0.2, 0) is 9.53 Å². The zero-order valence-electron chi connectivity index (χ0n) is 14.6. The fourth-order valence-electron chi connectivity index (χ4n) is 2.56. The van der Waals surface area contributed by atoms with E-state index in [2.05, 4.69) is 21.2 Å². The number of carbonyl (C=O) groups is 2. The van der Waals surface area contributed by atoms with Gasteiger partial charge in [-0.3, -0.25) is 9.69 Å². The third-order valence-electron chi connectivity index (χ3n) is 3.71. The average Bonchev–Trinajstić information content (AvgIpc) is 2.77. The maximum Gasteiger partial charge on any atom is 0.411 e. The van der Waals surface area contributed by atoms with Gasteiger partial charge in [-0.05, 0) is 61.3 Å². The van der Waals surface area contributed by atoms with E-state index in [1.54, 1.807) is 32.9 Å². The minimum absolute atomic E-state index is 0.177. The largest absolute Gasteiger partial charge is 0.444 e. The third-order valence-corrected chi connectivity index (χ3v) is 4.41. The van der Waals surface area contributed by atoms with Crippen LogP contribution in [0.5, 0.6) is 0 Å². The van der Waals surface area contributed by atoms with Gasteiger partial charge in [0.2, 0.25) is 5.91 Å². The lowest BCUT2D eigenvalue weighted by molar-refractivity contribution is -0.123. The number of carbonyl (C=O) groups excluding carboxylic acids is 2. The SMILES string of the molecule is Cc1ccc(Br)c(NC(=O)[C@@H]2[C@H](O)[C@H](O)CN2C(=O)OC(C)(C)C)c1. The van der Waals surface area contributed by atoms with Crippen LogP contribution in [0.2, 0.25) is 0 Å². The Morgan fingerprint density at radius 3 is 2.56 bits per heavy atom. The number of likely N-dealkylation sites (tertiary alicyclic amines) is 1. The number of amides is 2. The van der Waals surface area contributed by atoms with Crippen molar-refractivity contribution in [2.75, 3.05) is 11.9 Å². The average molecular weight is 415 g/mol. The van der Waals surface area contributed by atoms with Crippen LogP contribution < -0.4 is 5.32 Å². The predicted octanol–water partition coefficient (Wildman–Crippen LogP) is 2.04. The molecule has 1 saturated heterocycles. The molecule has 7 nitrogen and oxygen atoms in total. The van der Waals surface area contributed by atoms with Crippen molar-refractivity contribution < 1.29 is 24.5 Å². The number of aliphatic hydroxyl groups excluding tert-OH is 2. The number of aliphatic hydroxyl groups is 2. The Hall–Kier alpha value is -1.64. The summed E-state index contributed by atoms with van der Waals surface area (Å²) in [4.78, 5) is 26.1. The number of ether oxygens (including phenoxy) is 1. The zero-order valence-corrected chi connectivity index (χ0v) is 16.2. The normalized spacial score (nSPS) is 23.5. The summed E-state index contributed by atoms with van der Waals surface area (Å²) < 4.78 is 5.94. The number of hydrogen-bond donors (Lipinski definition) is 3. The van der Waals surface area contributed by atoms with Gasteiger partial charge in [0.1, 0.15) is 23.9 Å². The van der Waals surface area contributed by atoms with Crippen molar-refractivity contribution in [3.8, 4) is 0 Å². The number of rotatable bonds is 2. The van der Waals surface area contributed by atoms with Crippen LogP contribution in [0.3, 0.4) is 0 Å². The van der Waals surface area contributed by atoms with Crippen LogP contribution in [0.4, 0.5) is 10.5 Å². The molecule has 1 heterocycles. The molecule has 8 heteroatoms. The second-order valence-electron chi connectivity index (χ2n) is 7.11. The minimum atomic E-state index is -1.39. The highest BCUT2D eigenvalue weighted by molar-refractivity contribution is 9.10. The second-order valence-corrected chi connectivity index (χ2v) is 7.96. The summed E-state index contributed by atoms with van der Waals surface area (Å²) in [5.41, 5.74) is 0.702. The first kappa shape index (κ1) is 19.7. The van der Waals surface area contributed by atoms with Crippen LogP contribution in [0.15, 0.2) is 22.7 Å². The van der Waals surface area contributed by atoms with Crippen LogP contribution in [-0.4, -0.2) is 57.5 Å². The number of β-amino-alcohol motifs (C(OH)–C–C–N with tert-alkyl or cyclic N) is 1. The quantitative estimate of drug-likeness (QED) is 0.687. The first-order valence-electron chi connectivity index (χ1n) is 7.92. The van der Waals surface area contributed by atoms with Crippen molar-refractivity contribution in [1.82, 2.24) is 4.90 Å². The molecule has 1 aromatic rings. The molecule has 3 atom stereocenters. The summed E-state index contributed by atoms with van der Waals surface area (Å²) in [5.74, 6) is -0.596. The molecular formula is C17H23BrN2O5. The van der Waals surface area contributed by atoms with Gasteiger partial charge in [0.25, 0.3) is 0 Å². The lowest BCUT2D eigenvalue weighted by atomic mass is 10.1. The third kappa shape index (κ3) is 4.71. The number of nitrogens with zero attached hydrogens (tertiary/aromatic N) is 1. The molecule has 0 bridgehead atoms. The molecule has 138 valence electrons. The summed E-state index contributed by atoms with van der Waals surface area (Å²) >= 11 is 3.35. The molecule has 0 aromatic heterocycles. The maximum atomic E-state index is 12.7. The van der Waals surface area contributed by atoms with Gasteiger partial charge in [0.15, 0.2) is 0 Å². The van der Waals surface area contributed by atoms with Gasteiger partial charge >= 0.3 is 6.09 Å². The summed E-state index contributed by atoms with van der Waals surface area (Å²) in [6.45, 7) is 6.80. The first-order chi connectivity index (χ1) is 11.5. The fourth-order valence-corrected chi connectivity index (χ4v) is 2.91. The Bertz CT molecular complexity index is 673. The Morgan fingerprint density at radius 1 is 1.32 bits per heavy atom. The molecule has 25 heavy (non-hydrogen) atoms. The number of anilines is 1. The van der Waals surface area contributed by atoms with Gasteiger partial charge in [0, 0.05) is 4.47 Å². The molecule has 1 aliphatic rings. The highest BCUT2D eigenvalue weighted by Crippen LogP contribution is 2.27. The van der Waals surface area contributed by atoms with E-state index in [4.69, 9.17) is 4.74 Å². The number of benzene rings is 1. The van der Waals surface area contributed by atoms with Gasteiger partial charge in [-0.2, -0.15) is 0 Å². The Balaban J connectivity index is 2.22. The summed E-state index contributed by atoms with van der Waals surface area (Å²) in [6, 6.07) is 4.19. The number of halogens is 1. The monoisotopic (exact) mass is 414 g/mol. The molecule has 1 aliphatic heterocycles. The molecule has 0 aliphatic carbocycles. The summed E-state index contributed by atoms with van der Waals surface area (Å²) in [7, 11) is 0. The van der Waals surface area contributed by atoms with Gasteiger partial charge in [0.05, 0.1) is 12.2 Å². The molecule has 2 amide bonds. The minimum Gasteiger partial charge on any atom is -0.444 e. The number of nitrogens with one attached hydrogen (secondary N) is 1. The van der Waals surface area contributed by atoms with E-state index in [1.807, 2.05) is 13.0 Å².